The van der Waals surface area contributed by atoms with Gasteiger partial charge in [-0.3, -0.25) is 9.59 Å². The molecule has 1 N–H and O–H groups in total. The van der Waals surface area contributed by atoms with Crippen LogP contribution in [0.4, 0.5) is 0 Å². The molecule has 2 aliphatic rings. The van der Waals surface area contributed by atoms with Gasteiger partial charge in [0, 0.05) is 23.7 Å². The highest BCUT2D eigenvalue weighted by Gasteiger charge is 2.47. The molecule has 1 amide bonds. The van der Waals surface area contributed by atoms with Crippen molar-refractivity contribution in [3.05, 3.63) is 69.7 Å². The molecule has 1 aliphatic carbocycles. The lowest BCUT2D eigenvalue weighted by molar-refractivity contribution is -0.137. The number of nitrogens with zero attached hydrogens (tertiary/aromatic N) is 1. The highest BCUT2D eigenvalue weighted by atomic mass is 35.5. The maximum atomic E-state index is 13.2. The highest BCUT2D eigenvalue weighted by molar-refractivity contribution is 6.30. The van der Waals surface area contributed by atoms with Crippen LogP contribution in [0.5, 0.6) is 0 Å². The predicted molar refractivity (Wildman–Crippen MR) is 104 cm³/mol. The Bertz CT molecular complexity index is 910. The van der Waals surface area contributed by atoms with Gasteiger partial charge in [-0.25, -0.2) is 0 Å². The van der Waals surface area contributed by atoms with Gasteiger partial charge in [-0.1, -0.05) is 35.9 Å². The van der Waals surface area contributed by atoms with Crippen molar-refractivity contribution in [2.75, 3.05) is 13.2 Å². The van der Waals surface area contributed by atoms with Gasteiger partial charge in [0.2, 0.25) is 5.91 Å². The number of amides is 1. The molecule has 5 heteroatoms. The molecule has 0 saturated carbocycles. The van der Waals surface area contributed by atoms with Gasteiger partial charge in [-0.2, -0.15) is 0 Å². The number of aliphatic hydroxyl groups excluding tert-OH is 1. The van der Waals surface area contributed by atoms with Crippen LogP contribution in [0, 0.1) is 5.41 Å². The Morgan fingerprint density at radius 3 is 2.78 bits per heavy atom. The molecule has 4 rings (SSSR count). The second kappa shape index (κ2) is 7.10. The SMILES string of the molecule is O=C(CO)c1ccc2c(c1)C[C@@]1(CC2)CCN(Cc2cccc(Cl)c2)C1=O. The van der Waals surface area contributed by atoms with Gasteiger partial charge in [-0.15, -0.1) is 0 Å². The third kappa shape index (κ3) is 3.40. The molecule has 1 atom stereocenters. The molecule has 2 aromatic carbocycles. The van der Waals surface area contributed by atoms with E-state index < -0.39 is 6.61 Å². The molecule has 140 valence electrons. The van der Waals surface area contributed by atoms with Crippen molar-refractivity contribution in [1.82, 2.24) is 4.90 Å². The zero-order valence-electron chi connectivity index (χ0n) is 15.1. The number of likely N-dealkylation sites (tertiary alicyclic amines) is 1. The largest absolute Gasteiger partial charge is 0.388 e. The Kier molecular flexibility index (Phi) is 4.79. The lowest BCUT2D eigenvalue weighted by Gasteiger charge is -2.33. The average Bonchev–Trinajstić information content (AvgIpc) is 2.96. The molecule has 0 unspecified atom stereocenters. The molecular weight excluding hydrogens is 362 g/mol. The van der Waals surface area contributed by atoms with Crippen molar-refractivity contribution in [2.24, 2.45) is 5.41 Å². The predicted octanol–water partition coefficient (Wildman–Crippen LogP) is 3.42. The van der Waals surface area contributed by atoms with E-state index in [1.807, 2.05) is 41.3 Å². The van der Waals surface area contributed by atoms with Crippen LogP contribution in [0.15, 0.2) is 42.5 Å². The number of benzene rings is 2. The first-order valence-corrected chi connectivity index (χ1v) is 9.68. The van der Waals surface area contributed by atoms with Crippen molar-refractivity contribution in [2.45, 2.75) is 32.2 Å². The van der Waals surface area contributed by atoms with E-state index in [-0.39, 0.29) is 17.1 Å². The van der Waals surface area contributed by atoms with Crippen molar-refractivity contribution >= 4 is 23.3 Å². The summed E-state index contributed by atoms with van der Waals surface area (Å²) in [6, 6.07) is 13.2. The molecule has 2 aromatic rings. The van der Waals surface area contributed by atoms with Gasteiger partial charge in [0.05, 0.1) is 5.41 Å². The number of aryl methyl sites for hydroxylation is 1. The van der Waals surface area contributed by atoms with E-state index in [4.69, 9.17) is 16.7 Å². The first-order chi connectivity index (χ1) is 13.0. The van der Waals surface area contributed by atoms with E-state index in [2.05, 4.69) is 0 Å². The number of rotatable bonds is 4. The van der Waals surface area contributed by atoms with Gasteiger partial charge >= 0.3 is 0 Å². The first-order valence-electron chi connectivity index (χ1n) is 9.30. The van der Waals surface area contributed by atoms with Gasteiger partial charge in [-0.05, 0) is 60.6 Å². The molecule has 1 aliphatic heterocycles. The van der Waals surface area contributed by atoms with Crippen molar-refractivity contribution in [3.8, 4) is 0 Å². The van der Waals surface area contributed by atoms with Crippen LogP contribution < -0.4 is 0 Å². The number of halogens is 1. The molecule has 4 nitrogen and oxygen atoms in total. The maximum absolute atomic E-state index is 13.2. The molecule has 1 saturated heterocycles. The molecule has 0 bridgehead atoms. The summed E-state index contributed by atoms with van der Waals surface area (Å²) in [4.78, 5) is 27.0. The van der Waals surface area contributed by atoms with E-state index in [0.29, 0.717) is 23.6 Å². The van der Waals surface area contributed by atoms with E-state index in [1.165, 1.54) is 5.56 Å². The van der Waals surface area contributed by atoms with E-state index in [1.54, 1.807) is 6.07 Å². The maximum Gasteiger partial charge on any atom is 0.229 e. The van der Waals surface area contributed by atoms with Crippen LogP contribution in [0.2, 0.25) is 5.02 Å². The fraction of sp³-hybridized carbons (Fsp3) is 0.364. The van der Waals surface area contributed by atoms with Crippen LogP contribution >= 0.6 is 11.6 Å². The van der Waals surface area contributed by atoms with Gasteiger partial charge in [0.25, 0.3) is 0 Å². The molecule has 1 fully saturated rings. The van der Waals surface area contributed by atoms with Gasteiger partial charge < -0.3 is 10.0 Å². The van der Waals surface area contributed by atoms with Crippen LogP contribution in [-0.4, -0.2) is 34.8 Å². The van der Waals surface area contributed by atoms with Gasteiger partial charge in [0.1, 0.15) is 6.61 Å². The molecule has 1 heterocycles. The Morgan fingerprint density at radius 1 is 1.15 bits per heavy atom. The summed E-state index contributed by atoms with van der Waals surface area (Å²) in [5.74, 6) is -0.0789. The standard InChI is InChI=1S/C22H22ClNO3/c23-19-3-1-2-15(10-19)13-24-9-8-22(21(24)27)7-6-16-4-5-17(20(26)14-25)11-18(16)12-22/h1-5,10-11,25H,6-9,12-14H2/t22-/m1/s1. The lowest BCUT2D eigenvalue weighted by atomic mass is 9.70. The fourth-order valence-corrected chi connectivity index (χ4v) is 4.63. The Labute approximate surface area is 163 Å². The zero-order chi connectivity index (χ0) is 19.0. The number of ketones is 1. The van der Waals surface area contributed by atoms with Crippen LogP contribution in [0.25, 0.3) is 0 Å². The number of fused-ring (bicyclic) bond motifs is 1. The summed E-state index contributed by atoms with van der Waals surface area (Å²) in [5, 5.41) is 9.80. The number of carbonyl (C=O) groups excluding carboxylic acids is 2. The average molecular weight is 384 g/mol. The summed E-state index contributed by atoms with van der Waals surface area (Å²) >= 11 is 6.07. The van der Waals surface area contributed by atoms with Crippen LogP contribution in [0.3, 0.4) is 0 Å². The van der Waals surface area contributed by atoms with E-state index >= 15 is 0 Å². The lowest BCUT2D eigenvalue weighted by Crippen LogP contribution is -2.38. The quantitative estimate of drug-likeness (QED) is 0.823. The third-order valence-electron chi connectivity index (χ3n) is 5.94. The molecule has 0 radical (unpaired) electrons. The van der Waals surface area contributed by atoms with Crippen molar-refractivity contribution in [1.29, 1.82) is 0 Å². The summed E-state index contributed by atoms with van der Waals surface area (Å²) in [7, 11) is 0. The summed E-state index contributed by atoms with van der Waals surface area (Å²) in [6.45, 7) is 0.837. The molecule has 1 spiro atoms. The number of carbonyl (C=O) groups is 2. The minimum absolute atomic E-state index is 0.201. The number of Topliss-reactive ketones (excluding diaryl/α,β-unsaturated/α-hetero) is 1. The van der Waals surface area contributed by atoms with E-state index in [9.17, 15) is 9.59 Å². The summed E-state index contributed by atoms with van der Waals surface area (Å²) < 4.78 is 0. The summed E-state index contributed by atoms with van der Waals surface area (Å²) in [5.41, 5.74) is 3.47. The van der Waals surface area contributed by atoms with Gasteiger partial charge in [0.15, 0.2) is 5.78 Å². The molecular formula is C22H22ClNO3. The minimum atomic E-state index is -0.490. The Morgan fingerprint density at radius 2 is 2.00 bits per heavy atom. The van der Waals surface area contributed by atoms with Crippen LogP contribution in [-0.2, 0) is 24.2 Å². The topological polar surface area (TPSA) is 57.6 Å². The summed E-state index contributed by atoms with van der Waals surface area (Å²) in [6.07, 6.45) is 3.20. The van der Waals surface area contributed by atoms with Crippen LogP contribution in [0.1, 0.15) is 39.9 Å². The monoisotopic (exact) mass is 383 g/mol. The fourth-order valence-electron chi connectivity index (χ4n) is 4.42. The number of aliphatic hydroxyl groups is 1. The van der Waals surface area contributed by atoms with Crippen molar-refractivity contribution < 1.29 is 14.7 Å². The second-order valence-corrected chi connectivity index (χ2v) is 8.06. The first kappa shape index (κ1) is 18.2. The Hall–Kier alpha value is -2.17. The second-order valence-electron chi connectivity index (χ2n) is 7.63. The Balaban J connectivity index is 1.55. The normalized spacial score (nSPS) is 21.6. The smallest absolute Gasteiger partial charge is 0.229 e. The van der Waals surface area contributed by atoms with E-state index in [0.717, 1.165) is 36.9 Å². The highest BCUT2D eigenvalue weighted by Crippen LogP contribution is 2.44. The zero-order valence-corrected chi connectivity index (χ0v) is 15.8. The number of hydrogen-bond donors (Lipinski definition) is 1. The molecule has 0 aromatic heterocycles. The minimum Gasteiger partial charge on any atom is -0.388 e. The third-order valence-corrected chi connectivity index (χ3v) is 6.17. The molecule has 27 heavy (non-hydrogen) atoms. The number of hydrogen-bond acceptors (Lipinski definition) is 3. The van der Waals surface area contributed by atoms with Crippen molar-refractivity contribution in [3.63, 3.8) is 0 Å².